The van der Waals surface area contributed by atoms with E-state index in [1.54, 1.807) is 0 Å². The first-order chi connectivity index (χ1) is 4.89. The fraction of sp³-hybridized carbons (Fsp3) is 0.400. The van der Waals surface area contributed by atoms with E-state index < -0.39 is 25.5 Å². The van der Waals surface area contributed by atoms with Gasteiger partial charge in [-0.25, -0.2) is 4.79 Å². The molecule has 0 N–H and O–H groups in total. The minimum absolute atomic E-state index is 0.589. The van der Waals surface area contributed by atoms with Crippen LogP contribution in [0, 0.1) is 0 Å². The first-order valence-corrected chi connectivity index (χ1v) is 1.55. The summed E-state index contributed by atoms with van der Waals surface area (Å²) in [6, 6.07) is 0. The lowest BCUT2D eigenvalue weighted by molar-refractivity contribution is -0.135. The maximum Gasteiger partial charge on any atom is 0.332 e. The van der Waals surface area contributed by atoms with Crippen molar-refractivity contribution in [2.24, 2.45) is 0 Å². The second-order valence-electron chi connectivity index (χ2n) is 0.910. The van der Waals surface area contributed by atoms with E-state index in [1.807, 2.05) is 0 Å². The standard InChI is InChI=1S/C5H8O2/c1-4(2)5(6)7-3/h1H2,2-3H3/i2D3,3D. The Labute approximate surface area is 48.4 Å². The van der Waals surface area contributed by atoms with Crippen molar-refractivity contribution >= 4 is 5.97 Å². The summed E-state index contributed by atoms with van der Waals surface area (Å²) in [7, 11) is -0.589. The summed E-state index contributed by atoms with van der Waals surface area (Å²) in [5.74, 6) is -1.04. The van der Waals surface area contributed by atoms with Crippen LogP contribution in [0.5, 0.6) is 0 Å². The first-order valence-electron chi connectivity index (χ1n) is 3.76. The molecule has 0 aliphatic carbocycles. The molecule has 0 fully saturated rings. The fourth-order valence-corrected chi connectivity index (χ4v) is 0.0871. The van der Waals surface area contributed by atoms with Gasteiger partial charge in [0.15, 0.2) is 0 Å². The Hall–Kier alpha value is -0.790. The van der Waals surface area contributed by atoms with E-state index in [2.05, 4.69) is 11.3 Å². The molecular formula is C5H8O2. The first kappa shape index (κ1) is 1.99. The largest absolute Gasteiger partial charge is 0.466 e. The molecule has 0 aromatic carbocycles. The smallest absolute Gasteiger partial charge is 0.332 e. The average Bonchev–Trinajstić information content (AvgIpc) is 1.85. The topological polar surface area (TPSA) is 26.3 Å². The van der Waals surface area contributed by atoms with Crippen LogP contribution >= 0.6 is 0 Å². The zero-order chi connectivity index (χ0) is 9.07. The summed E-state index contributed by atoms with van der Waals surface area (Å²) in [6.45, 7) is 0.503. The number of hydrogen-bond donors (Lipinski definition) is 0. The zero-order valence-electron chi connectivity index (χ0n) is 7.73. The van der Waals surface area contributed by atoms with Gasteiger partial charge in [0.2, 0.25) is 0 Å². The quantitative estimate of drug-likeness (QED) is 0.362. The summed E-state index contributed by atoms with van der Waals surface area (Å²) in [6.07, 6.45) is 0. The maximum atomic E-state index is 10.6. The highest BCUT2D eigenvalue weighted by Gasteiger charge is 1.95. The summed E-state index contributed by atoms with van der Waals surface area (Å²) in [5.41, 5.74) is -0.593. The average molecular weight is 104 g/mol. The van der Waals surface area contributed by atoms with Crippen molar-refractivity contribution in [3.63, 3.8) is 0 Å². The molecule has 0 spiro atoms. The van der Waals surface area contributed by atoms with Crippen LogP contribution < -0.4 is 0 Å². The third kappa shape index (κ3) is 1.98. The molecule has 0 atom stereocenters. The van der Waals surface area contributed by atoms with E-state index in [-0.39, 0.29) is 0 Å². The van der Waals surface area contributed by atoms with Crippen molar-refractivity contribution in [3.8, 4) is 0 Å². The molecule has 0 saturated heterocycles. The number of carbonyl (C=O) groups is 1. The van der Waals surface area contributed by atoms with Crippen LogP contribution in [0.1, 0.15) is 12.3 Å². The van der Waals surface area contributed by atoms with Gasteiger partial charge in [0.25, 0.3) is 0 Å². The molecule has 0 rings (SSSR count). The van der Waals surface area contributed by atoms with Gasteiger partial charge in [0.05, 0.1) is 8.46 Å². The highest BCUT2D eigenvalue weighted by atomic mass is 16.5. The Bertz CT molecular complexity index is 172. The molecule has 2 nitrogen and oxygen atoms in total. The molecular weight excluding hydrogens is 92.1 g/mol. The molecule has 0 aromatic heterocycles. The normalized spacial score (nSPS) is 17.7. The van der Waals surface area contributed by atoms with Crippen molar-refractivity contribution in [1.29, 1.82) is 0 Å². The molecule has 0 bridgehead atoms. The van der Waals surface area contributed by atoms with Gasteiger partial charge < -0.3 is 4.74 Å². The molecule has 0 radical (unpaired) electrons. The van der Waals surface area contributed by atoms with Crippen molar-refractivity contribution < 1.29 is 15.0 Å². The summed E-state index contributed by atoms with van der Waals surface area (Å²) in [4.78, 5) is 10.6. The number of carbonyl (C=O) groups excluding carboxylic acids is 1. The van der Waals surface area contributed by atoms with Crippen LogP contribution in [-0.4, -0.2) is 13.1 Å². The fourth-order valence-electron chi connectivity index (χ4n) is 0.0871. The monoisotopic (exact) mass is 104 g/mol. The van der Waals surface area contributed by atoms with Crippen LogP contribution in [0.3, 0.4) is 0 Å². The molecule has 0 heterocycles. The highest BCUT2D eigenvalue weighted by Crippen LogP contribution is 1.87. The summed E-state index contributed by atoms with van der Waals surface area (Å²) >= 11 is 0. The van der Waals surface area contributed by atoms with E-state index in [0.717, 1.165) is 0 Å². The van der Waals surface area contributed by atoms with Crippen LogP contribution in [0.15, 0.2) is 12.2 Å². The lowest BCUT2D eigenvalue weighted by Crippen LogP contribution is -1.98. The number of methoxy groups -OCH3 is 1. The van der Waals surface area contributed by atoms with Gasteiger partial charge in [-0.3, -0.25) is 0 Å². The molecule has 0 aromatic rings. The van der Waals surface area contributed by atoms with E-state index in [9.17, 15) is 4.79 Å². The van der Waals surface area contributed by atoms with Crippen LogP contribution in [0.25, 0.3) is 0 Å². The summed E-state index contributed by atoms with van der Waals surface area (Å²) in [5, 5.41) is 0. The van der Waals surface area contributed by atoms with E-state index in [4.69, 9.17) is 5.48 Å². The van der Waals surface area contributed by atoms with Gasteiger partial charge in [0.1, 0.15) is 0 Å². The van der Waals surface area contributed by atoms with E-state index >= 15 is 0 Å². The third-order valence-electron chi connectivity index (χ3n) is 0.377. The van der Waals surface area contributed by atoms with Gasteiger partial charge in [0, 0.05) is 9.69 Å². The van der Waals surface area contributed by atoms with Crippen molar-refractivity contribution in [2.75, 3.05) is 7.09 Å². The SMILES string of the molecule is [2H]COC(=O)C(=C)C([2H])([2H])[2H]. The number of hydrogen-bond acceptors (Lipinski definition) is 2. The Morgan fingerprint density at radius 2 is 2.71 bits per heavy atom. The van der Waals surface area contributed by atoms with Crippen LogP contribution in [-0.2, 0) is 9.53 Å². The second-order valence-corrected chi connectivity index (χ2v) is 0.910. The molecule has 0 aliphatic rings. The Morgan fingerprint density at radius 3 is 3.14 bits per heavy atom. The molecule has 2 heteroatoms. The zero-order valence-corrected chi connectivity index (χ0v) is 3.73. The van der Waals surface area contributed by atoms with Gasteiger partial charge in [-0.05, 0) is 6.85 Å². The third-order valence-corrected chi connectivity index (χ3v) is 0.377. The van der Waals surface area contributed by atoms with E-state index in [0.29, 0.717) is 0 Å². The van der Waals surface area contributed by atoms with E-state index in [1.165, 1.54) is 0 Å². The minimum Gasteiger partial charge on any atom is -0.466 e. The molecule has 0 amide bonds. The number of rotatable bonds is 1. The molecule has 0 saturated carbocycles. The number of esters is 1. The molecule has 40 valence electrons. The molecule has 7 heavy (non-hydrogen) atoms. The second kappa shape index (κ2) is 2.39. The van der Waals surface area contributed by atoms with Gasteiger partial charge in [-0.15, -0.1) is 0 Å². The van der Waals surface area contributed by atoms with Crippen molar-refractivity contribution in [2.45, 2.75) is 6.85 Å². The number of ether oxygens (including phenoxy) is 1. The van der Waals surface area contributed by atoms with Gasteiger partial charge in [-0.1, -0.05) is 6.58 Å². The lowest BCUT2D eigenvalue weighted by atomic mass is 10.4. The molecule has 0 unspecified atom stereocenters. The summed E-state index contributed by atoms with van der Waals surface area (Å²) < 4.78 is 30.7. The Morgan fingerprint density at radius 1 is 2.00 bits per heavy atom. The van der Waals surface area contributed by atoms with Gasteiger partial charge >= 0.3 is 5.97 Å². The molecule has 0 aliphatic heterocycles. The highest BCUT2D eigenvalue weighted by molar-refractivity contribution is 5.86. The van der Waals surface area contributed by atoms with Gasteiger partial charge in [-0.2, -0.15) is 0 Å². The van der Waals surface area contributed by atoms with Crippen LogP contribution in [0.4, 0.5) is 0 Å². The Kier molecular flexibility index (Phi) is 0.680. The minimum atomic E-state index is -2.52. The van der Waals surface area contributed by atoms with Crippen molar-refractivity contribution in [3.05, 3.63) is 12.2 Å². The lowest BCUT2D eigenvalue weighted by Gasteiger charge is -1.91. The predicted octanol–water partition coefficient (Wildman–Crippen LogP) is 0.736. The Balaban J connectivity index is 4.15. The predicted molar refractivity (Wildman–Crippen MR) is 26.8 cm³/mol. The van der Waals surface area contributed by atoms with Crippen molar-refractivity contribution in [1.82, 2.24) is 0 Å². The maximum absolute atomic E-state index is 10.6. The van der Waals surface area contributed by atoms with Crippen LogP contribution in [0.2, 0.25) is 0 Å².